The second-order valence-electron chi connectivity index (χ2n) is 5.58. The van der Waals surface area contributed by atoms with Gasteiger partial charge in [0.15, 0.2) is 0 Å². The van der Waals surface area contributed by atoms with Gasteiger partial charge in [0, 0.05) is 14.6 Å². The highest BCUT2D eigenvalue weighted by atomic mass is 31.2. The minimum absolute atomic E-state index is 0.437. The van der Waals surface area contributed by atoms with Gasteiger partial charge in [-0.3, -0.25) is 4.57 Å². The Morgan fingerprint density at radius 2 is 1.61 bits per heavy atom. The molecule has 0 bridgehead atoms. The summed E-state index contributed by atoms with van der Waals surface area (Å²) < 4.78 is 22.6. The maximum absolute atomic E-state index is 12.1. The summed E-state index contributed by atoms with van der Waals surface area (Å²) in [5.41, 5.74) is 0. The Hall–Kier alpha value is 0.327. The smallest absolute Gasteiger partial charge is 0.316 e. The van der Waals surface area contributed by atoms with Crippen molar-refractivity contribution in [3.63, 3.8) is 0 Å². The number of hydrogen-bond acceptors (Lipinski definition) is 4. The highest BCUT2D eigenvalue weighted by Crippen LogP contribution is 2.47. The Kier molecular flexibility index (Phi) is 9.43. The lowest BCUT2D eigenvalue weighted by Crippen LogP contribution is -2.24. The number of rotatable bonds is 11. The molecule has 0 aliphatic carbocycles. The molecule has 0 atom stereocenters. The Morgan fingerprint density at radius 3 is 2.06 bits per heavy atom. The third kappa shape index (κ3) is 10.3. The van der Waals surface area contributed by atoms with E-state index in [1.807, 2.05) is 13.8 Å². The molecule has 6 heteroatoms. The van der Waals surface area contributed by atoms with Gasteiger partial charge in [0.25, 0.3) is 0 Å². The van der Waals surface area contributed by atoms with Crippen LogP contribution in [0.1, 0.15) is 20.3 Å². The van der Waals surface area contributed by atoms with E-state index >= 15 is 0 Å². The molecule has 1 N–H and O–H groups in total. The van der Waals surface area contributed by atoms with Crippen molar-refractivity contribution in [2.75, 3.05) is 32.5 Å². The van der Waals surface area contributed by atoms with Crippen LogP contribution in [0, 0.1) is 0 Å². The van der Waals surface area contributed by atoms with Gasteiger partial charge in [0.1, 0.15) is 0 Å². The van der Waals surface area contributed by atoms with Crippen molar-refractivity contribution in [2.24, 2.45) is 0 Å². The van der Waals surface area contributed by atoms with Crippen molar-refractivity contribution in [3.05, 3.63) is 0 Å². The van der Waals surface area contributed by atoms with Crippen molar-refractivity contribution in [1.82, 2.24) is 5.32 Å². The van der Waals surface area contributed by atoms with Crippen molar-refractivity contribution in [2.45, 2.75) is 46.0 Å². The average Bonchev–Trinajstić information content (AvgIpc) is 2.22. The van der Waals surface area contributed by atoms with Crippen LogP contribution in [-0.2, 0) is 13.6 Å². The third-order valence-electron chi connectivity index (χ3n) is 2.49. The van der Waals surface area contributed by atoms with Gasteiger partial charge in [-0.25, -0.2) is 0 Å². The minimum Gasteiger partial charge on any atom is -0.316 e. The van der Waals surface area contributed by atoms with Crippen molar-refractivity contribution >= 4 is 15.7 Å². The van der Waals surface area contributed by atoms with E-state index in [1.165, 1.54) is 12.5 Å². The van der Waals surface area contributed by atoms with E-state index < -0.39 is 15.7 Å². The molecule has 4 nitrogen and oxygen atoms in total. The van der Waals surface area contributed by atoms with Crippen LogP contribution in [-0.4, -0.2) is 40.5 Å². The molecule has 18 heavy (non-hydrogen) atoms. The fourth-order valence-corrected chi connectivity index (χ4v) is 4.43. The Balaban J connectivity index is 3.71. The van der Waals surface area contributed by atoms with Crippen LogP contribution in [0.25, 0.3) is 0 Å². The van der Waals surface area contributed by atoms with E-state index in [0.717, 1.165) is 6.54 Å². The molecule has 0 aromatic heterocycles. The average molecular weight is 295 g/mol. The summed E-state index contributed by atoms with van der Waals surface area (Å²) in [7, 11) is -3.78. The van der Waals surface area contributed by atoms with Gasteiger partial charge in [-0.1, -0.05) is 25.7 Å². The van der Waals surface area contributed by atoms with E-state index in [1.54, 1.807) is 0 Å². The summed E-state index contributed by atoms with van der Waals surface area (Å²) in [5, 5.41) is 3.32. The van der Waals surface area contributed by atoms with Crippen LogP contribution in [0.15, 0.2) is 0 Å². The predicted molar refractivity (Wildman–Crippen MR) is 81.4 cm³/mol. The molecule has 110 valence electrons. The van der Waals surface area contributed by atoms with Crippen molar-refractivity contribution < 1.29 is 13.6 Å². The van der Waals surface area contributed by atoms with Crippen LogP contribution in [0.2, 0.25) is 25.7 Å². The van der Waals surface area contributed by atoms with Gasteiger partial charge < -0.3 is 14.4 Å². The summed E-state index contributed by atoms with van der Waals surface area (Å²) in [4.78, 5) is 0. The second-order valence-corrected chi connectivity index (χ2v) is 13.4. The molecular weight excluding hydrogens is 265 g/mol. The molecule has 0 saturated heterocycles. The maximum atomic E-state index is 12.1. The van der Waals surface area contributed by atoms with E-state index in [0.29, 0.717) is 25.9 Å². The van der Waals surface area contributed by atoms with Gasteiger partial charge in [0.05, 0.1) is 19.4 Å². The lowest BCUT2D eigenvalue weighted by Gasteiger charge is -2.18. The number of hydrogen-bond donors (Lipinski definition) is 1. The van der Waals surface area contributed by atoms with Crippen LogP contribution >= 0.6 is 7.60 Å². The van der Waals surface area contributed by atoms with Crippen molar-refractivity contribution in [3.8, 4) is 0 Å². The topological polar surface area (TPSA) is 47.6 Å². The molecule has 0 saturated carbocycles. The van der Waals surface area contributed by atoms with Crippen molar-refractivity contribution in [1.29, 1.82) is 0 Å². The quantitative estimate of drug-likeness (QED) is 0.359. The lowest BCUT2D eigenvalue weighted by molar-refractivity contribution is 0.220. The Labute approximate surface area is 113 Å². The molecule has 0 rings (SSSR count). The molecule has 0 fully saturated rings. The first-order valence-electron chi connectivity index (χ1n) is 6.92. The zero-order chi connectivity index (χ0) is 14.1. The minimum atomic E-state index is -2.85. The molecule has 0 spiro atoms. The van der Waals surface area contributed by atoms with Gasteiger partial charge in [-0.2, -0.15) is 0 Å². The zero-order valence-electron chi connectivity index (χ0n) is 12.6. The Morgan fingerprint density at radius 1 is 1.06 bits per heavy atom. The summed E-state index contributed by atoms with van der Waals surface area (Å²) in [6, 6.07) is 1.33. The van der Waals surface area contributed by atoms with Crippen LogP contribution in [0.4, 0.5) is 0 Å². The molecule has 0 amide bonds. The zero-order valence-corrected chi connectivity index (χ0v) is 14.5. The highest BCUT2D eigenvalue weighted by Gasteiger charge is 2.22. The largest absolute Gasteiger partial charge is 0.331 e. The van der Waals surface area contributed by atoms with Gasteiger partial charge in [0.2, 0.25) is 0 Å². The first-order valence-corrected chi connectivity index (χ1v) is 12.4. The normalized spacial score (nSPS) is 12.9. The first-order chi connectivity index (χ1) is 8.33. The fourth-order valence-electron chi connectivity index (χ4n) is 1.64. The maximum Gasteiger partial charge on any atom is 0.331 e. The molecule has 0 unspecified atom stereocenters. The van der Waals surface area contributed by atoms with E-state index in [-0.39, 0.29) is 0 Å². The van der Waals surface area contributed by atoms with Crippen LogP contribution < -0.4 is 5.32 Å². The summed E-state index contributed by atoms with van der Waals surface area (Å²) in [5.74, 6) is 0. The molecule has 0 aliphatic heterocycles. The standard InChI is InChI=1S/C12H30NO3PSi/c1-6-15-17(14,16-7-2)11-10-13-9-8-12-18(3,4)5/h13H,6-12H2,1-5H3. The Bertz CT molecular complexity index is 246. The molecule has 0 aliphatic rings. The molecular formula is C12H30NO3PSi. The van der Waals surface area contributed by atoms with Crippen LogP contribution in [0.5, 0.6) is 0 Å². The van der Waals surface area contributed by atoms with E-state index in [2.05, 4.69) is 25.0 Å². The molecule has 0 heterocycles. The lowest BCUT2D eigenvalue weighted by atomic mass is 10.5. The SMILES string of the molecule is CCOP(=O)(CCNCCC[Si](C)(C)C)OCC. The first kappa shape index (κ1) is 18.3. The second kappa shape index (κ2) is 9.27. The summed E-state index contributed by atoms with van der Waals surface area (Å²) >= 11 is 0. The monoisotopic (exact) mass is 295 g/mol. The molecule has 0 aromatic rings. The fraction of sp³-hybridized carbons (Fsp3) is 1.00. The van der Waals surface area contributed by atoms with Gasteiger partial charge in [-0.05, 0) is 26.8 Å². The molecule has 0 radical (unpaired) electrons. The predicted octanol–water partition coefficient (Wildman–Crippen LogP) is 3.57. The molecule has 0 aromatic carbocycles. The third-order valence-corrected chi connectivity index (χ3v) is 6.42. The highest BCUT2D eigenvalue weighted by molar-refractivity contribution is 7.53. The van der Waals surface area contributed by atoms with Crippen LogP contribution in [0.3, 0.4) is 0 Å². The summed E-state index contributed by atoms with van der Waals surface area (Å²) in [6.45, 7) is 13.4. The number of nitrogens with one attached hydrogen (secondary N) is 1. The van der Waals surface area contributed by atoms with Gasteiger partial charge in [-0.15, -0.1) is 0 Å². The van der Waals surface area contributed by atoms with E-state index in [4.69, 9.17) is 9.05 Å². The van der Waals surface area contributed by atoms with E-state index in [9.17, 15) is 4.57 Å². The van der Waals surface area contributed by atoms with Gasteiger partial charge >= 0.3 is 7.60 Å². The summed E-state index contributed by atoms with van der Waals surface area (Å²) in [6.07, 6.45) is 1.66.